The Bertz CT molecular complexity index is 7330. The van der Waals surface area contributed by atoms with E-state index >= 15 is 0 Å². The van der Waals surface area contributed by atoms with E-state index in [1.54, 1.807) is 5.57 Å². The maximum atomic E-state index is 2.71. The summed E-state index contributed by atoms with van der Waals surface area (Å²) in [5, 5.41) is 15.9. The molecule has 0 fully saturated rings. The molecule has 0 amide bonds. The second-order valence-electron chi connectivity index (χ2n) is 34.5. The molecule has 2 nitrogen and oxygen atoms in total. The lowest BCUT2D eigenvalue weighted by Gasteiger charge is -2.34. The highest BCUT2D eigenvalue weighted by molar-refractivity contribution is 6.33. The van der Waals surface area contributed by atoms with Crippen LogP contribution in [0.4, 0.5) is 0 Å². The summed E-state index contributed by atoms with van der Waals surface area (Å²) in [7, 11) is 0. The molecule has 0 aliphatic heterocycles. The molecular weight excluding hydrogens is 1340 g/mol. The third-order valence-electron chi connectivity index (χ3n) is 29.1. The zero-order valence-electron chi connectivity index (χ0n) is 62.5. The van der Waals surface area contributed by atoms with Crippen LogP contribution in [0.3, 0.4) is 0 Å². The fraction of sp³-hybridized carbons (Fsp3) is 0.156. The van der Waals surface area contributed by atoms with Crippen LogP contribution in [0.25, 0.3) is 159 Å². The van der Waals surface area contributed by atoms with Crippen molar-refractivity contribution < 1.29 is 0 Å². The van der Waals surface area contributed by atoms with E-state index < -0.39 is 0 Å². The molecule has 2 heteroatoms. The molecule has 16 aromatic rings. The summed E-state index contributed by atoms with van der Waals surface area (Å²) in [5.41, 5.74) is 40.7. The molecule has 10 aliphatic carbocycles. The summed E-state index contributed by atoms with van der Waals surface area (Å²) in [6, 6.07) is 94.7. The standard InChI is InChI=1S/C109H78N2/c1-60-53-72(46-51-73(60)79-31-16-32-80-74-23-8-5-20-66(74)56-93(79)80)111-105-77-26-11-4-19-63(77)39-49-90(105)104-102-89-36-18-34-83-81-48-41-65(55-92(81)61(2)96(98(83)89)100(102)85-28-13-15-30-87(85)108(104)111)64-40-47-78-68(54-64)42-50-91-103-101-88-35-17-33-82-75-24-9-6-21-67(75)57-94(97(82)88)99(101)84-27-12-14-29-86(84)107(103)110(106(78)91)71-44-37-62(38-45-71)69-43-52-95-76-25-10-7-22-70(76)59-109(95,3)58-69/h4-30,32-37,39-55,58,60-62,73,79,94-96H,31,38,56-57,59H2,1-3H3/t60?,61-,62?,73?,79?,94?,95?,96?,109?/m1/s1. The van der Waals surface area contributed by atoms with Crippen LogP contribution in [0.15, 0.2) is 321 Å². The zero-order valence-corrected chi connectivity index (χ0v) is 62.5. The number of benzene rings is 14. The van der Waals surface area contributed by atoms with Gasteiger partial charge in [0.05, 0.1) is 22.1 Å². The van der Waals surface area contributed by atoms with E-state index in [0.717, 1.165) is 32.1 Å². The highest BCUT2D eigenvalue weighted by Crippen LogP contribution is 2.65. The Kier molecular flexibility index (Phi) is 12.3. The second kappa shape index (κ2) is 22.2. The SMILES string of the molecule is CC1C=C(n2c3c4ccccc4ccc3c3c4c(c5ccccc5c32)C2c3c(cccc3-4)-c3ccc(-c4ccc5c(ccc6c7c8c(c9ccccc9c7n(C7=CCC(C9=CC%10(C)Cc%11ccccc%11C%10C=C9)C=C7)c56)C5Cc6ccccc6-c6cccc-8c65)c4)cc3[C@H]2C)C=CC1C1CC=CC2=C1Cc1ccccc12. The highest BCUT2D eigenvalue weighted by atomic mass is 15.0. The molecule has 9 atom stereocenters. The van der Waals surface area contributed by atoms with Crippen LogP contribution in [0, 0.1) is 29.1 Å². The van der Waals surface area contributed by atoms with Crippen molar-refractivity contribution in [3.63, 3.8) is 0 Å². The number of hydrogen-bond donors (Lipinski definition) is 0. The summed E-state index contributed by atoms with van der Waals surface area (Å²) < 4.78 is 5.42. The van der Waals surface area contributed by atoms with Crippen LogP contribution in [-0.4, -0.2) is 9.13 Å². The van der Waals surface area contributed by atoms with Crippen LogP contribution in [0.2, 0.25) is 0 Å². The van der Waals surface area contributed by atoms with E-state index in [9.17, 15) is 0 Å². The summed E-state index contributed by atoms with van der Waals surface area (Å²) in [6.45, 7) is 7.52. The molecule has 8 unspecified atom stereocenters. The Hall–Kier alpha value is -12.4. The second-order valence-corrected chi connectivity index (χ2v) is 34.5. The Labute approximate surface area is 646 Å². The van der Waals surface area contributed by atoms with Gasteiger partial charge in [0.1, 0.15) is 0 Å². The molecule has 111 heavy (non-hydrogen) atoms. The van der Waals surface area contributed by atoms with Crippen molar-refractivity contribution in [1.82, 2.24) is 9.13 Å². The smallest absolute Gasteiger partial charge is 0.0626 e. The van der Waals surface area contributed by atoms with Gasteiger partial charge in [0.25, 0.3) is 0 Å². The number of allylic oxidation sites excluding steroid dienone is 16. The first-order valence-corrected chi connectivity index (χ1v) is 40.9. The zero-order chi connectivity index (χ0) is 72.5. The molecule has 0 spiro atoms. The van der Waals surface area contributed by atoms with Gasteiger partial charge in [0.15, 0.2) is 0 Å². The lowest BCUT2D eigenvalue weighted by atomic mass is 9.70. The minimum Gasteiger partial charge on any atom is -0.308 e. The predicted octanol–water partition coefficient (Wildman–Crippen LogP) is 27.9. The molecule has 26 rings (SSSR count). The van der Waals surface area contributed by atoms with Crippen molar-refractivity contribution in [2.45, 2.75) is 76.5 Å². The lowest BCUT2D eigenvalue weighted by Crippen LogP contribution is -2.24. The maximum absolute atomic E-state index is 2.71. The highest BCUT2D eigenvalue weighted by Gasteiger charge is 2.46. The van der Waals surface area contributed by atoms with E-state index in [1.165, 1.54) is 221 Å². The van der Waals surface area contributed by atoms with Crippen molar-refractivity contribution >= 4 is 104 Å². The number of rotatable bonds is 5. The molecule has 0 N–H and O–H groups in total. The van der Waals surface area contributed by atoms with E-state index in [1.807, 2.05) is 0 Å². The van der Waals surface area contributed by atoms with Gasteiger partial charge in [-0.15, -0.1) is 0 Å². The van der Waals surface area contributed by atoms with Gasteiger partial charge < -0.3 is 9.13 Å². The fourth-order valence-corrected chi connectivity index (χ4v) is 24.5. The van der Waals surface area contributed by atoms with Crippen molar-refractivity contribution in [2.24, 2.45) is 29.1 Å². The van der Waals surface area contributed by atoms with Gasteiger partial charge in [0.2, 0.25) is 0 Å². The van der Waals surface area contributed by atoms with Crippen LogP contribution in [-0.2, 0) is 19.3 Å². The minimum absolute atomic E-state index is 0.0713. The normalized spacial score (nSPS) is 22.9. The summed E-state index contributed by atoms with van der Waals surface area (Å²) >= 11 is 0. The van der Waals surface area contributed by atoms with Gasteiger partial charge >= 0.3 is 0 Å². The van der Waals surface area contributed by atoms with Crippen LogP contribution >= 0.6 is 0 Å². The van der Waals surface area contributed by atoms with Gasteiger partial charge in [0, 0.05) is 83.6 Å². The average Bonchev–Trinajstić information content (AvgIpc) is 1.52. The number of hydrogen-bond acceptors (Lipinski definition) is 0. The molecule has 0 bridgehead atoms. The van der Waals surface area contributed by atoms with Crippen LogP contribution in [0.1, 0.15) is 113 Å². The molecule has 0 saturated heterocycles. The molecule has 10 aliphatic rings. The number of fused-ring (bicyclic) bond motifs is 33. The molecule has 0 radical (unpaired) electrons. The first kappa shape index (κ1) is 61.5. The minimum atomic E-state index is 0.0713. The van der Waals surface area contributed by atoms with E-state index in [2.05, 4.69) is 339 Å². The Morgan fingerprint density at radius 1 is 0.414 bits per heavy atom. The number of nitrogens with zero attached hydrogens (tertiary/aromatic N) is 2. The quantitative estimate of drug-likeness (QED) is 0.163. The largest absolute Gasteiger partial charge is 0.308 e. The van der Waals surface area contributed by atoms with Gasteiger partial charge in [-0.1, -0.05) is 318 Å². The first-order chi connectivity index (χ1) is 54.8. The van der Waals surface area contributed by atoms with E-state index in [4.69, 9.17) is 0 Å². The van der Waals surface area contributed by atoms with E-state index in [-0.39, 0.29) is 23.2 Å². The topological polar surface area (TPSA) is 9.86 Å². The summed E-state index contributed by atoms with van der Waals surface area (Å²) in [4.78, 5) is 0. The fourth-order valence-electron chi connectivity index (χ4n) is 24.5. The third kappa shape index (κ3) is 8.12. The van der Waals surface area contributed by atoms with Crippen molar-refractivity contribution in [3.8, 4) is 55.6 Å². The van der Waals surface area contributed by atoms with Gasteiger partial charge in [-0.3, -0.25) is 0 Å². The first-order valence-electron chi connectivity index (χ1n) is 40.9. The van der Waals surface area contributed by atoms with E-state index in [0.29, 0.717) is 29.6 Å². The molecule has 14 aromatic carbocycles. The Balaban J connectivity index is 0.620. The number of aromatic nitrogens is 2. The predicted molar refractivity (Wildman–Crippen MR) is 466 cm³/mol. The lowest BCUT2D eigenvalue weighted by molar-refractivity contribution is 0.372. The van der Waals surface area contributed by atoms with Crippen molar-refractivity contribution in [2.75, 3.05) is 0 Å². The van der Waals surface area contributed by atoms with Gasteiger partial charge in [-0.25, -0.2) is 0 Å². The van der Waals surface area contributed by atoms with Crippen LogP contribution < -0.4 is 0 Å². The molecule has 524 valence electrons. The third-order valence-corrected chi connectivity index (χ3v) is 29.1. The Morgan fingerprint density at radius 2 is 1.03 bits per heavy atom. The molecule has 0 saturated carbocycles. The molecule has 2 heterocycles. The van der Waals surface area contributed by atoms with Crippen molar-refractivity contribution in [1.29, 1.82) is 0 Å². The molecule has 2 aromatic heterocycles. The molecular formula is C109H78N2. The van der Waals surface area contributed by atoms with Gasteiger partial charge in [-0.05, 0) is 218 Å². The Morgan fingerprint density at radius 3 is 1.81 bits per heavy atom. The average molecular weight is 1420 g/mol. The van der Waals surface area contributed by atoms with Crippen LogP contribution in [0.5, 0.6) is 0 Å². The summed E-state index contributed by atoms with van der Waals surface area (Å²) in [6.07, 6.45) is 33.0. The summed E-state index contributed by atoms with van der Waals surface area (Å²) in [5.74, 6) is 2.52. The van der Waals surface area contributed by atoms with Gasteiger partial charge in [-0.2, -0.15) is 0 Å². The monoisotopic (exact) mass is 1410 g/mol. The van der Waals surface area contributed by atoms with Crippen molar-refractivity contribution in [3.05, 3.63) is 376 Å². The maximum Gasteiger partial charge on any atom is 0.0626 e.